The molecule has 0 aromatic carbocycles. The molecule has 0 atom stereocenters. The maximum absolute atomic E-state index is 4.44. The molecule has 0 radical (unpaired) electrons. The Bertz CT molecular complexity index is 414. The summed E-state index contributed by atoms with van der Waals surface area (Å²) in [5.74, 6) is 0. The Morgan fingerprint density at radius 2 is 1.71 bits per heavy atom. The van der Waals surface area contributed by atoms with Crippen molar-refractivity contribution in [2.24, 2.45) is 5.41 Å². The Hall–Kier alpha value is -1.44. The Kier molecular flexibility index (Phi) is 1.99. The van der Waals surface area contributed by atoms with Gasteiger partial charge in [0.05, 0.1) is 17.1 Å². The van der Waals surface area contributed by atoms with Gasteiger partial charge in [-0.05, 0) is 19.1 Å². The van der Waals surface area contributed by atoms with Gasteiger partial charge in [0.1, 0.15) is 0 Å². The molecule has 1 heterocycles. The van der Waals surface area contributed by atoms with Crippen LogP contribution in [-0.4, -0.2) is 9.97 Å². The van der Waals surface area contributed by atoms with Crippen molar-refractivity contribution in [3.05, 3.63) is 35.4 Å². The van der Waals surface area contributed by atoms with Crippen LogP contribution in [0.3, 0.4) is 0 Å². The van der Waals surface area contributed by atoms with Crippen molar-refractivity contribution in [2.45, 2.75) is 20.8 Å². The lowest BCUT2D eigenvalue weighted by molar-refractivity contribution is 0.633. The van der Waals surface area contributed by atoms with Crippen LogP contribution < -0.4 is 0 Å². The molecular formula is C12H14N2. The molecule has 0 bridgehead atoms. The van der Waals surface area contributed by atoms with Gasteiger partial charge in [0.2, 0.25) is 0 Å². The van der Waals surface area contributed by atoms with Crippen molar-refractivity contribution in [3.63, 3.8) is 0 Å². The molecule has 0 fully saturated rings. The van der Waals surface area contributed by atoms with E-state index in [1.165, 1.54) is 0 Å². The quantitative estimate of drug-likeness (QED) is 0.622. The van der Waals surface area contributed by atoms with Crippen molar-refractivity contribution in [1.82, 2.24) is 9.97 Å². The van der Waals surface area contributed by atoms with Crippen molar-refractivity contribution < 1.29 is 0 Å². The zero-order valence-electron chi connectivity index (χ0n) is 8.78. The van der Waals surface area contributed by atoms with Crippen LogP contribution in [0.4, 0.5) is 0 Å². The van der Waals surface area contributed by atoms with E-state index in [9.17, 15) is 0 Å². The van der Waals surface area contributed by atoms with Gasteiger partial charge >= 0.3 is 0 Å². The van der Waals surface area contributed by atoms with Gasteiger partial charge < -0.3 is 0 Å². The molecule has 0 N–H and O–H groups in total. The monoisotopic (exact) mass is 186 g/mol. The third-order valence-electron chi connectivity index (χ3n) is 2.29. The van der Waals surface area contributed by atoms with E-state index < -0.39 is 0 Å². The highest BCUT2D eigenvalue weighted by atomic mass is 14.8. The lowest BCUT2D eigenvalue weighted by Gasteiger charge is -2.11. The first kappa shape index (κ1) is 9.13. The number of aryl methyl sites for hydroxylation is 1. The average molecular weight is 186 g/mol. The van der Waals surface area contributed by atoms with Crippen LogP contribution in [0, 0.1) is 12.3 Å². The van der Waals surface area contributed by atoms with E-state index in [4.69, 9.17) is 0 Å². The van der Waals surface area contributed by atoms with Gasteiger partial charge in [-0.1, -0.05) is 26.0 Å². The predicted molar refractivity (Wildman–Crippen MR) is 58.6 cm³/mol. The fourth-order valence-electron chi connectivity index (χ4n) is 1.40. The normalized spacial score (nSPS) is 17.6. The molecule has 0 spiro atoms. The first-order valence-electron chi connectivity index (χ1n) is 4.79. The number of allylic oxidation sites excluding steroid dienone is 2. The molecule has 2 heteroatoms. The highest BCUT2D eigenvalue weighted by molar-refractivity contribution is 5.63. The summed E-state index contributed by atoms with van der Waals surface area (Å²) in [5.41, 5.74) is 2.97. The molecule has 14 heavy (non-hydrogen) atoms. The molecule has 0 amide bonds. The van der Waals surface area contributed by atoms with Crippen LogP contribution in [0.15, 0.2) is 18.3 Å². The topological polar surface area (TPSA) is 25.8 Å². The highest BCUT2D eigenvalue weighted by Gasteiger charge is 2.13. The number of hydrogen-bond acceptors (Lipinski definition) is 2. The smallest absolute Gasteiger partial charge is 0.0887 e. The Balaban J connectivity index is 2.54. The maximum atomic E-state index is 4.44. The van der Waals surface area contributed by atoms with Gasteiger partial charge in [-0.25, -0.2) is 4.98 Å². The summed E-state index contributed by atoms with van der Waals surface area (Å²) in [6, 6.07) is 0. The summed E-state index contributed by atoms with van der Waals surface area (Å²) in [7, 11) is 0. The minimum absolute atomic E-state index is 0.0935. The first-order valence-corrected chi connectivity index (χ1v) is 4.79. The van der Waals surface area contributed by atoms with E-state index in [1.54, 1.807) is 6.20 Å². The Labute approximate surface area is 84.4 Å². The van der Waals surface area contributed by atoms with E-state index >= 15 is 0 Å². The lowest BCUT2D eigenvalue weighted by Crippen LogP contribution is -2.00. The van der Waals surface area contributed by atoms with Crippen LogP contribution in [-0.2, 0) is 0 Å². The van der Waals surface area contributed by atoms with Gasteiger partial charge in [0, 0.05) is 11.6 Å². The van der Waals surface area contributed by atoms with E-state index in [-0.39, 0.29) is 5.41 Å². The lowest BCUT2D eigenvalue weighted by atomic mass is 9.93. The van der Waals surface area contributed by atoms with E-state index in [2.05, 4.69) is 42.0 Å². The second kappa shape index (κ2) is 3.05. The van der Waals surface area contributed by atoms with Crippen LogP contribution in [0.25, 0.3) is 12.2 Å². The number of nitrogens with zero attached hydrogens (tertiary/aromatic N) is 2. The van der Waals surface area contributed by atoms with E-state index in [0.717, 1.165) is 17.1 Å². The molecule has 2 nitrogen and oxygen atoms in total. The molecule has 72 valence electrons. The summed E-state index contributed by atoms with van der Waals surface area (Å²) >= 11 is 0. The number of rotatable bonds is 0. The third kappa shape index (κ3) is 1.74. The fraction of sp³-hybridized carbons (Fsp3) is 0.333. The average Bonchev–Trinajstić information content (AvgIpc) is 2.26. The summed E-state index contributed by atoms with van der Waals surface area (Å²) in [6.07, 6.45) is 10.2. The second-order valence-corrected chi connectivity index (χ2v) is 4.27. The van der Waals surface area contributed by atoms with Gasteiger partial charge in [0.15, 0.2) is 0 Å². The van der Waals surface area contributed by atoms with Crippen molar-refractivity contribution in [2.75, 3.05) is 0 Å². The zero-order chi connectivity index (χ0) is 10.2. The van der Waals surface area contributed by atoms with Gasteiger partial charge in [-0.3, -0.25) is 4.98 Å². The Morgan fingerprint density at radius 1 is 1.07 bits per heavy atom. The molecule has 1 aliphatic carbocycles. The summed E-state index contributed by atoms with van der Waals surface area (Å²) < 4.78 is 0. The minimum Gasteiger partial charge on any atom is -0.253 e. The number of fused-ring (bicyclic) bond motifs is 1. The molecule has 0 unspecified atom stereocenters. The van der Waals surface area contributed by atoms with Gasteiger partial charge in [-0.15, -0.1) is 0 Å². The van der Waals surface area contributed by atoms with Crippen molar-refractivity contribution in [1.29, 1.82) is 0 Å². The molecule has 1 aliphatic rings. The first-order chi connectivity index (χ1) is 6.57. The number of aromatic nitrogens is 2. The predicted octanol–water partition coefficient (Wildman–Crippen LogP) is 2.85. The highest BCUT2D eigenvalue weighted by Crippen LogP contribution is 2.25. The fourth-order valence-corrected chi connectivity index (χ4v) is 1.40. The summed E-state index contributed by atoms with van der Waals surface area (Å²) in [4.78, 5) is 8.78. The molecule has 0 saturated carbocycles. The largest absolute Gasteiger partial charge is 0.253 e. The molecule has 1 aromatic heterocycles. The zero-order valence-corrected chi connectivity index (χ0v) is 8.78. The van der Waals surface area contributed by atoms with Crippen LogP contribution in [0.2, 0.25) is 0 Å². The standard InChI is InChI=1S/C12H14N2/c1-9-8-13-10-4-6-12(2,3)7-5-11(10)14-9/h4-8H,1-3H3. The van der Waals surface area contributed by atoms with Crippen molar-refractivity contribution in [3.8, 4) is 0 Å². The molecular weight excluding hydrogens is 172 g/mol. The number of hydrogen-bond donors (Lipinski definition) is 0. The van der Waals surface area contributed by atoms with Crippen LogP contribution in [0.5, 0.6) is 0 Å². The summed E-state index contributed by atoms with van der Waals surface area (Å²) in [6.45, 7) is 6.29. The molecule has 0 saturated heterocycles. The molecule has 0 aliphatic heterocycles. The van der Waals surface area contributed by atoms with Gasteiger partial charge in [0.25, 0.3) is 0 Å². The van der Waals surface area contributed by atoms with Crippen LogP contribution >= 0.6 is 0 Å². The van der Waals surface area contributed by atoms with Crippen molar-refractivity contribution >= 4 is 12.2 Å². The minimum atomic E-state index is 0.0935. The second-order valence-electron chi connectivity index (χ2n) is 4.27. The maximum Gasteiger partial charge on any atom is 0.0887 e. The summed E-state index contributed by atoms with van der Waals surface area (Å²) in [5, 5.41) is 0. The van der Waals surface area contributed by atoms with E-state index in [1.807, 2.05) is 13.0 Å². The third-order valence-corrected chi connectivity index (χ3v) is 2.29. The van der Waals surface area contributed by atoms with Gasteiger partial charge in [-0.2, -0.15) is 0 Å². The molecule has 1 aromatic rings. The molecule has 2 rings (SSSR count). The van der Waals surface area contributed by atoms with E-state index in [0.29, 0.717) is 0 Å². The Morgan fingerprint density at radius 3 is 2.43 bits per heavy atom. The SMILES string of the molecule is Cc1cnc2c(n1)C=CC(C)(C)C=C2. The van der Waals surface area contributed by atoms with Crippen LogP contribution in [0.1, 0.15) is 30.9 Å².